The number of halogens is 4. The second kappa shape index (κ2) is 6.40. The van der Waals surface area contributed by atoms with E-state index in [0.29, 0.717) is 15.8 Å². The van der Waals surface area contributed by atoms with Gasteiger partial charge in [0.1, 0.15) is 4.83 Å². The second-order valence-electron chi connectivity index (χ2n) is 5.54. The fourth-order valence-corrected chi connectivity index (χ4v) is 3.60. The largest absolute Gasteiger partial charge is 0.416 e. The van der Waals surface area contributed by atoms with Gasteiger partial charge in [-0.05, 0) is 30.7 Å². The predicted molar refractivity (Wildman–Crippen MR) is 94.0 cm³/mol. The number of carbonyl (C=O) groups excluding carboxylic acids is 1. The van der Waals surface area contributed by atoms with Gasteiger partial charge in [-0.2, -0.15) is 13.2 Å². The zero-order valence-electron chi connectivity index (χ0n) is 13.4. The molecule has 0 aliphatic carbocycles. The van der Waals surface area contributed by atoms with Crippen molar-refractivity contribution in [3.8, 4) is 0 Å². The number of anilines is 1. The van der Waals surface area contributed by atoms with Gasteiger partial charge in [0.2, 0.25) is 0 Å². The minimum absolute atomic E-state index is 0.0286. The van der Waals surface area contributed by atoms with Crippen LogP contribution >= 0.6 is 22.9 Å². The number of aromatic nitrogens is 2. The van der Waals surface area contributed by atoms with E-state index in [9.17, 15) is 22.8 Å². The van der Waals surface area contributed by atoms with Gasteiger partial charge in [-0.1, -0.05) is 11.6 Å². The molecule has 3 aromatic rings. The fraction of sp³-hybridized carbons (Fsp3) is 0.188. The molecule has 0 saturated carbocycles. The highest BCUT2D eigenvalue weighted by atomic mass is 35.5. The number of hydrogen-bond donors (Lipinski definition) is 1. The molecular formula is C16H11ClF3N3O2S. The van der Waals surface area contributed by atoms with E-state index in [1.54, 1.807) is 6.92 Å². The van der Waals surface area contributed by atoms with Crippen LogP contribution in [0.1, 0.15) is 20.8 Å². The van der Waals surface area contributed by atoms with Gasteiger partial charge in [-0.15, -0.1) is 11.3 Å². The number of amides is 1. The number of rotatable bonds is 2. The van der Waals surface area contributed by atoms with Crippen LogP contribution in [0, 0.1) is 6.92 Å². The average molecular weight is 402 g/mol. The highest BCUT2D eigenvalue weighted by molar-refractivity contribution is 7.20. The van der Waals surface area contributed by atoms with Crippen molar-refractivity contribution in [2.75, 3.05) is 5.32 Å². The molecule has 0 radical (unpaired) electrons. The zero-order valence-corrected chi connectivity index (χ0v) is 15.0. The maximum Gasteiger partial charge on any atom is 0.416 e. The van der Waals surface area contributed by atoms with Crippen molar-refractivity contribution in [1.29, 1.82) is 0 Å². The Morgan fingerprint density at radius 1 is 1.35 bits per heavy atom. The van der Waals surface area contributed by atoms with Crippen LogP contribution in [0.2, 0.25) is 5.02 Å². The van der Waals surface area contributed by atoms with Crippen LogP contribution in [-0.4, -0.2) is 15.5 Å². The Balaban J connectivity index is 2.02. The lowest BCUT2D eigenvalue weighted by Crippen LogP contribution is -2.17. The van der Waals surface area contributed by atoms with E-state index in [4.69, 9.17) is 11.6 Å². The summed E-state index contributed by atoms with van der Waals surface area (Å²) in [6, 6.07) is 2.66. The molecule has 2 aromatic heterocycles. The highest BCUT2D eigenvalue weighted by Crippen LogP contribution is 2.34. The normalized spacial score (nSPS) is 11.8. The predicted octanol–water partition coefficient (Wildman–Crippen LogP) is 4.23. The third-order valence-corrected chi connectivity index (χ3v) is 5.29. The van der Waals surface area contributed by atoms with E-state index < -0.39 is 17.6 Å². The number of nitrogens with one attached hydrogen (secondary N) is 1. The molecule has 0 bridgehead atoms. The summed E-state index contributed by atoms with van der Waals surface area (Å²) in [5.74, 6) is -0.659. The van der Waals surface area contributed by atoms with Crippen molar-refractivity contribution < 1.29 is 18.0 Å². The van der Waals surface area contributed by atoms with Crippen LogP contribution < -0.4 is 10.9 Å². The number of nitrogens with zero attached hydrogens (tertiary/aromatic N) is 2. The van der Waals surface area contributed by atoms with Crippen LogP contribution in [-0.2, 0) is 13.2 Å². The molecule has 1 N–H and O–H groups in total. The van der Waals surface area contributed by atoms with Gasteiger partial charge >= 0.3 is 6.18 Å². The summed E-state index contributed by atoms with van der Waals surface area (Å²) in [5, 5.41) is 2.66. The lowest BCUT2D eigenvalue weighted by atomic mass is 10.1. The third kappa shape index (κ3) is 3.19. The Hall–Kier alpha value is -2.39. The Bertz CT molecular complexity index is 1090. The summed E-state index contributed by atoms with van der Waals surface area (Å²) in [4.78, 5) is 29.4. The standard InChI is InChI=1S/C16H11ClF3N3O2S/c1-7-11-14(21-6-23(2)15(11)25)26-12(7)13(24)22-10-5-8(16(18,19)20)3-4-9(10)17/h3-6H,1-2H3,(H,22,24). The van der Waals surface area contributed by atoms with Gasteiger partial charge in [0, 0.05) is 7.05 Å². The van der Waals surface area contributed by atoms with Crippen molar-refractivity contribution in [1.82, 2.24) is 9.55 Å². The van der Waals surface area contributed by atoms with Gasteiger partial charge in [0.25, 0.3) is 11.5 Å². The molecule has 0 aliphatic rings. The Kier molecular flexibility index (Phi) is 4.53. The van der Waals surface area contributed by atoms with Gasteiger partial charge in [0.05, 0.1) is 32.9 Å². The molecular weight excluding hydrogens is 391 g/mol. The van der Waals surface area contributed by atoms with Crippen LogP contribution in [0.5, 0.6) is 0 Å². The Labute approximate surface area is 154 Å². The first-order valence-electron chi connectivity index (χ1n) is 7.22. The molecule has 26 heavy (non-hydrogen) atoms. The molecule has 1 aromatic carbocycles. The molecule has 0 atom stereocenters. The SMILES string of the molecule is Cc1c(C(=O)Nc2cc(C(F)(F)F)ccc2Cl)sc2ncn(C)c(=O)c12. The van der Waals surface area contributed by atoms with Crippen LogP contribution in [0.4, 0.5) is 18.9 Å². The molecule has 0 aliphatic heterocycles. The van der Waals surface area contributed by atoms with E-state index >= 15 is 0 Å². The molecule has 5 nitrogen and oxygen atoms in total. The second-order valence-corrected chi connectivity index (χ2v) is 6.95. The fourth-order valence-electron chi connectivity index (χ4n) is 2.40. The van der Waals surface area contributed by atoms with Gasteiger partial charge in [-0.3, -0.25) is 9.59 Å². The first-order chi connectivity index (χ1) is 12.1. The Morgan fingerprint density at radius 3 is 2.69 bits per heavy atom. The number of fused-ring (bicyclic) bond motifs is 1. The molecule has 0 saturated heterocycles. The average Bonchev–Trinajstić information content (AvgIpc) is 2.89. The smallest absolute Gasteiger partial charge is 0.320 e. The zero-order chi connectivity index (χ0) is 19.2. The van der Waals surface area contributed by atoms with Crippen molar-refractivity contribution in [2.24, 2.45) is 7.05 Å². The van der Waals surface area contributed by atoms with E-state index in [0.717, 1.165) is 29.5 Å². The van der Waals surface area contributed by atoms with E-state index in [2.05, 4.69) is 10.3 Å². The summed E-state index contributed by atoms with van der Waals surface area (Å²) >= 11 is 6.89. The molecule has 136 valence electrons. The van der Waals surface area contributed by atoms with Gasteiger partial charge in [0.15, 0.2) is 0 Å². The van der Waals surface area contributed by atoms with E-state index in [1.807, 2.05) is 0 Å². The lowest BCUT2D eigenvalue weighted by molar-refractivity contribution is -0.137. The third-order valence-electron chi connectivity index (χ3n) is 3.76. The van der Waals surface area contributed by atoms with Crippen molar-refractivity contribution in [3.05, 3.63) is 55.9 Å². The van der Waals surface area contributed by atoms with Gasteiger partial charge < -0.3 is 9.88 Å². The maximum atomic E-state index is 12.8. The molecule has 3 rings (SSSR count). The summed E-state index contributed by atoms with van der Waals surface area (Å²) in [7, 11) is 1.54. The van der Waals surface area contributed by atoms with Crippen molar-refractivity contribution in [2.45, 2.75) is 13.1 Å². The van der Waals surface area contributed by atoms with E-state index in [1.165, 1.54) is 17.9 Å². The minimum atomic E-state index is -4.56. The van der Waals surface area contributed by atoms with Crippen molar-refractivity contribution >= 4 is 44.7 Å². The summed E-state index contributed by atoms with van der Waals surface area (Å²) in [6.07, 6.45) is -3.22. The number of hydrogen-bond acceptors (Lipinski definition) is 4. The number of alkyl halides is 3. The van der Waals surface area contributed by atoms with Crippen molar-refractivity contribution in [3.63, 3.8) is 0 Å². The highest BCUT2D eigenvalue weighted by Gasteiger charge is 2.31. The molecule has 0 unspecified atom stereocenters. The maximum absolute atomic E-state index is 12.8. The molecule has 1 amide bonds. The summed E-state index contributed by atoms with van der Waals surface area (Å²) < 4.78 is 39.8. The first kappa shape index (κ1) is 18.4. The topological polar surface area (TPSA) is 64.0 Å². The number of aryl methyl sites for hydroxylation is 2. The van der Waals surface area contributed by atoms with Gasteiger partial charge in [-0.25, -0.2) is 4.98 Å². The van der Waals surface area contributed by atoms with Crippen LogP contribution in [0.25, 0.3) is 10.2 Å². The first-order valence-corrected chi connectivity index (χ1v) is 8.42. The molecule has 0 fully saturated rings. The summed E-state index contributed by atoms with van der Waals surface area (Å²) in [6.45, 7) is 1.59. The lowest BCUT2D eigenvalue weighted by Gasteiger charge is -2.11. The Morgan fingerprint density at radius 2 is 2.04 bits per heavy atom. The monoisotopic (exact) mass is 401 g/mol. The molecule has 2 heterocycles. The molecule has 0 spiro atoms. The van der Waals surface area contributed by atoms with E-state index in [-0.39, 0.29) is 21.1 Å². The number of carbonyl (C=O) groups is 1. The summed E-state index contributed by atoms with van der Waals surface area (Å²) in [5.41, 5.74) is -0.982. The number of benzene rings is 1. The van der Waals surface area contributed by atoms with Crippen LogP contribution in [0.15, 0.2) is 29.3 Å². The molecule has 10 heteroatoms. The minimum Gasteiger partial charge on any atom is -0.320 e. The van der Waals surface area contributed by atoms with Crippen LogP contribution in [0.3, 0.4) is 0 Å². The quantitative estimate of drug-likeness (QED) is 0.699. The number of thiophene rings is 1.